The van der Waals surface area contributed by atoms with Gasteiger partial charge >= 0.3 is 11.9 Å². The molecule has 1 amide bonds. The van der Waals surface area contributed by atoms with Gasteiger partial charge in [0.15, 0.2) is 17.5 Å². The highest BCUT2D eigenvalue weighted by molar-refractivity contribution is 5.98. The molecule has 1 aliphatic heterocycles. The number of aromatic nitrogens is 1. The number of pyridine rings is 1. The maximum Gasteiger partial charge on any atom is 0.331 e. The molecular weight excluding hydrogens is 456 g/mol. The summed E-state index contributed by atoms with van der Waals surface area (Å²) in [4.78, 5) is 41.6. The molecule has 2 rings (SSSR count). The fourth-order valence-electron chi connectivity index (χ4n) is 3.86. The third-order valence-corrected chi connectivity index (χ3v) is 5.61. The molecule has 0 aromatic carbocycles. The van der Waals surface area contributed by atoms with E-state index in [9.17, 15) is 14.4 Å². The van der Waals surface area contributed by atoms with Gasteiger partial charge in [-0.05, 0) is 25.7 Å². The molecule has 1 aromatic heterocycles. The molecular formula is C25H38N2O8. The topological polar surface area (TPSA) is 122 Å². The first-order valence-corrected chi connectivity index (χ1v) is 12.1. The first-order chi connectivity index (χ1) is 16.7. The Morgan fingerprint density at radius 1 is 1.29 bits per heavy atom. The molecule has 10 nitrogen and oxygen atoms in total. The number of nitrogens with zero attached hydrogens (tertiary/aromatic N) is 1. The third-order valence-electron chi connectivity index (χ3n) is 5.61. The molecule has 1 saturated heterocycles. The van der Waals surface area contributed by atoms with Crippen LogP contribution in [0, 0.1) is 11.8 Å². The highest BCUT2D eigenvalue weighted by Gasteiger charge is 2.36. The number of hydrogen-bond donors (Lipinski definition) is 1. The molecule has 4 atom stereocenters. The van der Waals surface area contributed by atoms with E-state index in [-0.39, 0.29) is 35.8 Å². The van der Waals surface area contributed by atoms with Crippen LogP contribution in [0.2, 0.25) is 0 Å². The van der Waals surface area contributed by atoms with Crippen molar-refractivity contribution in [3.05, 3.63) is 18.0 Å². The minimum atomic E-state index is -1.08. The highest BCUT2D eigenvalue weighted by Crippen LogP contribution is 2.30. The molecule has 0 spiro atoms. The van der Waals surface area contributed by atoms with Crippen LogP contribution in [0.1, 0.15) is 64.4 Å². The van der Waals surface area contributed by atoms with Crippen molar-refractivity contribution in [1.82, 2.24) is 10.3 Å². The predicted octanol–water partition coefficient (Wildman–Crippen LogP) is 2.92. The molecule has 1 N–H and O–H groups in total. The van der Waals surface area contributed by atoms with Crippen LogP contribution < -0.4 is 14.8 Å². The second kappa shape index (κ2) is 14.0. The Hall–Kier alpha value is -2.72. The summed E-state index contributed by atoms with van der Waals surface area (Å²) in [7, 11) is 1.38. The fourth-order valence-corrected chi connectivity index (χ4v) is 3.86. The van der Waals surface area contributed by atoms with Crippen molar-refractivity contribution >= 4 is 17.8 Å². The van der Waals surface area contributed by atoms with E-state index in [1.54, 1.807) is 6.92 Å². The molecule has 0 aliphatic carbocycles. The minimum Gasteiger partial charge on any atom is -0.493 e. The van der Waals surface area contributed by atoms with Crippen molar-refractivity contribution in [2.24, 2.45) is 11.8 Å². The molecule has 35 heavy (non-hydrogen) atoms. The highest BCUT2D eigenvalue weighted by atomic mass is 16.6. The van der Waals surface area contributed by atoms with E-state index in [0.717, 1.165) is 19.3 Å². The van der Waals surface area contributed by atoms with Gasteiger partial charge in [-0.1, -0.05) is 27.2 Å². The van der Waals surface area contributed by atoms with Crippen LogP contribution in [0.4, 0.5) is 0 Å². The van der Waals surface area contributed by atoms with Crippen LogP contribution in [0.25, 0.3) is 0 Å². The summed E-state index contributed by atoms with van der Waals surface area (Å²) in [5, 5.41) is 2.60. The summed E-state index contributed by atoms with van der Waals surface area (Å²) in [6, 6.07) is 0.376. The van der Waals surface area contributed by atoms with Crippen LogP contribution in [-0.2, 0) is 23.8 Å². The molecule has 10 heteroatoms. The third kappa shape index (κ3) is 8.47. The van der Waals surface area contributed by atoms with E-state index in [0.29, 0.717) is 19.1 Å². The van der Waals surface area contributed by atoms with Gasteiger partial charge in [0, 0.05) is 31.7 Å². The number of rotatable bonds is 10. The molecule has 1 fully saturated rings. The number of carbonyl (C=O) groups excluding carboxylic acids is 3. The SMILES string of the molecule is CCCOC1C(CCC(C)C)COCC(NC(=O)c2nccc(OC)c2OC(C)=O)C(=O)OC1C. The predicted molar refractivity (Wildman–Crippen MR) is 127 cm³/mol. The summed E-state index contributed by atoms with van der Waals surface area (Å²) in [6.07, 6.45) is 3.19. The zero-order chi connectivity index (χ0) is 26.0. The van der Waals surface area contributed by atoms with E-state index in [1.807, 2.05) is 6.92 Å². The lowest BCUT2D eigenvalue weighted by Crippen LogP contribution is -2.46. The number of hydrogen-bond acceptors (Lipinski definition) is 9. The summed E-state index contributed by atoms with van der Waals surface area (Å²) in [5.74, 6) is -1.43. The van der Waals surface area contributed by atoms with Gasteiger partial charge in [0.05, 0.1) is 26.4 Å². The fraction of sp³-hybridized carbons (Fsp3) is 0.680. The Morgan fingerprint density at radius 3 is 2.66 bits per heavy atom. The van der Waals surface area contributed by atoms with Crippen molar-refractivity contribution in [2.45, 2.75) is 72.1 Å². The van der Waals surface area contributed by atoms with E-state index >= 15 is 0 Å². The van der Waals surface area contributed by atoms with Crippen LogP contribution in [0.5, 0.6) is 11.5 Å². The van der Waals surface area contributed by atoms with Crippen LogP contribution in [0.3, 0.4) is 0 Å². The smallest absolute Gasteiger partial charge is 0.331 e. The zero-order valence-corrected chi connectivity index (χ0v) is 21.5. The van der Waals surface area contributed by atoms with E-state index < -0.39 is 30.0 Å². The first kappa shape index (κ1) is 28.5. The molecule has 1 aromatic rings. The summed E-state index contributed by atoms with van der Waals surface area (Å²) in [5.41, 5.74) is -0.195. The largest absolute Gasteiger partial charge is 0.493 e. The van der Waals surface area contributed by atoms with Crippen molar-refractivity contribution in [1.29, 1.82) is 0 Å². The van der Waals surface area contributed by atoms with E-state index in [1.165, 1.54) is 26.3 Å². The first-order valence-electron chi connectivity index (χ1n) is 12.1. The lowest BCUT2D eigenvalue weighted by atomic mass is 9.91. The summed E-state index contributed by atoms with van der Waals surface area (Å²) < 4.78 is 28.0. The molecule has 0 radical (unpaired) electrons. The average Bonchev–Trinajstić information content (AvgIpc) is 2.85. The number of esters is 2. The maximum absolute atomic E-state index is 13.0. The van der Waals surface area contributed by atoms with Crippen molar-refractivity contribution in [3.8, 4) is 11.5 Å². The Kier molecular flexibility index (Phi) is 11.4. The molecule has 0 saturated carbocycles. The van der Waals surface area contributed by atoms with Gasteiger partial charge in [-0.3, -0.25) is 9.59 Å². The normalized spacial score (nSPS) is 23.0. The number of ether oxygens (including phenoxy) is 5. The van der Waals surface area contributed by atoms with Crippen LogP contribution in [-0.4, -0.2) is 68.0 Å². The standard InChI is InChI=1S/C25H38N2O8/c1-7-12-33-22-16(4)34-25(30)19(14-32-13-18(22)9-8-15(2)3)27-24(29)21-23(35-17(5)28)20(31-6)10-11-26-21/h10-11,15-16,18-19,22H,7-9,12-14H2,1-6H3,(H,27,29). The Labute approximate surface area is 207 Å². The molecule has 0 bridgehead atoms. The number of nitrogens with one attached hydrogen (secondary N) is 1. The number of amides is 1. The van der Waals surface area contributed by atoms with Gasteiger partial charge in [0.1, 0.15) is 6.10 Å². The number of cyclic esters (lactones) is 1. The van der Waals surface area contributed by atoms with Gasteiger partial charge < -0.3 is 29.0 Å². The lowest BCUT2D eigenvalue weighted by Gasteiger charge is -2.31. The number of methoxy groups -OCH3 is 1. The van der Waals surface area contributed by atoms with Crippen molar-refractivity contribution < 1.29 is 38.1 Å². The summed E-state index contributed by atoms with van der Waals surface area (Å²) in [6.45, 7) is 10.2. The van der Waals surface area contributed by atoms with Crippen LogP contribution in [0.15, 0.2) is 12.3 Å². The zero-order valence-electron chi connectivity index (χ0n) is 21.5. The molecule has 4 unspecified atom stereocenters. The second-order valence-electron chi connectivity index (χ2n) is 9.06. The molecule has 1 aliphatic rings. The van der Waals surface area contributed by atoms with Gasteiger partial charge in [-0.2, -0.15) is 0 Å². The van der Waals surface area contributed by atoms with Gasteiger partial charge in [0.2, 0.25) is 5.75 Å². The van der Waals surface area contributed by atoms with Crippen molar-refractivity contribution in [2.75, 3.05) is 26.9 Å². The van der Waals surface area contributed by atoms with Crippen LogP contribution >= 0.6 is 0 Å². The van der Waals surface area contributed by atoms with E-state index in [2.05, 4.69) is 24.1 Å². The van der Waals surface area contributed by atoms with Gasteiger partial charge in [-0.15, -0.1) is 0 Å². The average molecular weight is 495 g/mol. The quantitative estimate of drug-likeness (QED) is 0.489. The minimum absolute atomic E-state index is 0.0387. The Bertz CT molecular complexity index is 860. The van der Waals surface area contributed by atoms with Gasteiger partial charge in [0.25, 0.3) is 5.91 Å². The molecule has 2 heterocycles. The van der Waals surface area contributed by atoms with Crippen molar-refractivity contribution in [3.63, 3.8) is 0 Å². The Balaban J connectivity index is 2.22. The lowest BCUT2D eigenvalue weighted by molar-refractivity contribution is -0.160. The molecule has 196 valence electrons. The Morgan fingerprint density at radius 2 is 2.03 bits per heavy atom. The van der Waals surface area contributed by atoms with E-state index in [4.69, 9.17) is 23.7 Å². The monoisotopic (exact) mass is 494 g/mol. The summed E-state index contributed by atoms with van der Waals surface area (Å²) >= 11 is 0. The second-order valence-corrected chi connectivity index (χ2v) is 9.06. The van der Waals surface area contributed by atoms with Gasteiger partial charge in [-0.25, -0.2) is 9.78 Å². The number of carbonyl (C=O) groups is 3. The maximum atomic E-state index is 13.0.